The third-order valence-electron chi connectivity index (χ3n) is 4.67. The van der Waals surface area contributed by atoms with E-state index >= 15 is 0 Å². The van der Waals surface area contributed by atoms with Gasteiger partial charge >= 0.3 is 0 Å². The Morgan fingerprint density at radius 2 is 2.17 bits per heavy atom. The van der Waals surface area contributed by atoms with Gasteiger partial charge in [-0.15, -0.1) is 0 Å². The molecule has 0 aliphatic carbocycles. The van der Waals surface area contributed by atoms with Gasteiger partial charge in [0.1, 0.15) is 0 Å². The molecule has 0 aromatic heterocycles. The second kappa shape index (κ2) is 6.02. The summed E-state index contributed by atoms with van der Waals surface area (Å²) in [6, 6.07) is 0. The third kappa shape index (κ3) is 3.04. The summed E-state index contributed by atoms with van der Waals surface area (Å²) in [6.07, 6.45) is 5.43. The van der Waals surface area contributed by atoms with Gasteiger partial charge in [-0.3, -0.25) is 4.79 Å². The van der Waals surface area contributed by atoms with Crippen molar-refractivity contribution in [3.8, 4) is 0 Å². The van der Waals surface area contributed by atoms with E-state index in [9.17, 15) is 4.79 Å². The number of likely N-dealkylation sites (tertiary alicyclic amines) is 1. The maximum Gasteiger partial charge on any atom is 0.240 e. The summed E-state index contributed by atoms with van der Waals surface area (Å²) >= 11 is 0. The third-order valence-corrected chi connectivity index (χ3v) is 4.67. The molecule has 2 aliphatic rings. The molecule has 4 nitrogen and oxygen atoms in total. The Morgan fingerprint density at radius 1 is 1.44 bits per heavy atom. The minimum Gasteiger partial charge on any atom is -0.354 e. The van der Waals surface area contributed by atoms with Crippen LogP contribution in [0.15, 0.2) is 0 Å². The molecule has 1 atom stereocenters. The van der Waals surface area contributed by atoms with Crippen LogP contribution in [0.5, 0.6) is 0 Å². The molecule has 2 fully saturated rings. The number of piperidine rings is 1. The van der Waals surface area contributed by atoms with Gasteiger partial charge in [-0.1, -0.05) is 6.92 Å². The first-order valence-corrected chi connectivity index (χ1v) is 7.38. The molecule has 2 heterocycles. The summed E-state index contributed by atoms with van der Waals surface area (Å²) in [5.74, 6) is 0.891. The highest BCUT2D eigenvalue weighted by atomic mass is 16.2. The topological polar surface area (TPSA) is 44.4 Å². The molecule has 1 unspecified atom stereocenters. The lowest BCUT2D eigenvalue weighted by molar-refractivity contribution is -0.127. The minimum atomic E-state index is -0.272. The van der Waals surface area contributed by atoms with Gasteiger partial charge < -0.3 is 15.5 Å². The van der Waals surface area contributed by atoms with Crippen LogP contribution in [-0.2, 0) is 4.79 Å². The van der Waals surface area contributed by atoms with Crippen LogP contribution in [0.1, 0.15) is 39.0 Å². The average Bonchev–Trinajstić information content (AvgIpc) is 2.88. The Balaban J connectivity index is 1.77. The highest BCUT2D eigenvalue weighted by molar-refractivity contribution is 5.86. The molecule has 2 N–H and O–H groups in total. The van der Waals surface area contributed by atoms with Crippen LogP contribution in [0.4, 0.5) is 0 Å². The number of hydrogen-bond acceptors (Lipinski definition) is 3. The van der Waals surface area contributed by atoms with Crippen molar-refractivity contribution in [1.29, 1.82) is 0 Å². The first-order valence-electron chi connectivity index (χ1n) is 7.38. The molecule has 1 amide bonds. The Labute approximate surface area is 110 Å². The number of amides is 1. The normalized spacial score (nSPS) is 30.6. The van der Waals surface area contributed by atoms with Gasteiger partial charge in [-0.2, -0.15) is 0 Å². The van der Waals surface area contributed by atoms with Crippen LogP contribution in [0.3, 0.4) is 0 Å². The summed E-state index contributed by atoms with van der Waals surface area (Å²) in [5.41, 5.74) is -0.272. The molecule has 0 radical (unpaired) electrons. The predicted octanol–water partition coefficient (Wildman–Crippen LogP) is 0.977. The summed E-state index contributed by atoms with van der Waals surface area (Å²) in [7, 11) is 2.17. The Morgan fingerprint density at radius 3 is 2.72 bits per heavy atom. The van der Waals surface area contributed by atoms with Gasteiger partial charge in [-0.05, 0) is 64.7 Å². The maximum absolute atomic E-state index is 12.3. The molecular weight excluding hydrogens is 226 g/mol. The number of nitrogens with zero attached hydrogens (tertiary/aromatic N) is 1. The molecule has 2 rings (SSSR count). The molecule has 0 saturated carbocycles. The first-order chi connectivity index (χ1) is 8.66. The highest BCUT2D eigenvalue weighted by Gasteiger charge is 2.39. The van der Waals surface area contributed by atoms with Crippen molar-refractivity contribution >= 4 is 5.91 Å². The van der Waals surface area contributed by atoms with Crippen molar-refractivity contribution in [2.24, 2.45) is 5.92 Å². The summed E-state index contributed by atoms with van der Waals surface area (Å²) < 4.78 is 0. The van der Waals surface area contributed by atoms with Crippen molar-refractivity contribution in [3.63, 3.8) is 0 Å². The molecule has 2 aliphatic heterocycles. The van der Waals surface area contributed by atoms with Crippen LogP contribution in [0, 0.1) is 5.92 Å². The number of rotatable bonds is 4. The fraction of sp³-hybridized carbons (Fsp3) is 0.929. The maximum atomic E-state index is 12.3. The monoisotopic (exact) mass is 253 g/mol. The molecule has 0 aromatic carbocycles. The Hall–Kier alpha value is -0.610. The van der Waals surface area contributed by atoms with Gasteiger partial charge in [0.25, 0.3) is 0 Å². The smallest absolute Gasteiger partial charge is 0.240 e. The van der Waals surface area contributed by atoms with E-state index in [4.69, 9.17) is 0 Å². The molecule has 2 saturated heterocycles. The van der Waals surface area contributed by atoms with Crippen LogP contribution in [0.25, 0.3) is 0 Å². The van der Waals surface area contributed by atoms with E-state index in [2.05, 4.69) is 29.5 Å². The van der Waals surface area contributed by atoms with Crippen molar-refractivity contribution in [3.05, 3.63) is 0 Å². The van der Waals surface area contributed by atoms with Crippen LogP contribution in [-0.4, -0.2) is 49.6 Å². The van der Waals surface area contributed by atoms with Crippen LogP contribution in [0.2, 0.25) is 0 Å². The fourth-order valence-electron chi connectivity index (χ4n) is 3.13. The molecule has 104 valence electrons. The lowest BCUT2D eigenvalue weighted by Gasteiger charge is -2.31. The number of hydrogen-bond donors (Lipinski definition) is 2. The molecule has 18 heavy (non-hydrogen) atoms. The van der Waals surface area contributed by atoms with E-state index in [0.717, 1.165) is 45.4 Å². The minimum absolute atomic E-state index is 0.224. The van der Waals surface area contributed by atoms with Gasteiger partial charge in [0.2, 0.25) is 5.91 Å². The Bertz CT molecular complexity index is 279. The van der Waals surface area contributed by atoms with E-state index in [0.29, 0.717) is 5.92 Å². The van der Waals surface area contributed by atoms with Crippen LogP contribution >= 0.6 is 0 Å². The number of carbonyl (C=O) groups is 1. The van der Waals surface area contributed by atoms with E-state index in [-0.39, 0.29) is 11.4 Å². The predicted molar refractivity (Wildman–Crippen MR) is 73.5 cm³/mol. The van der Waals surface area contributed by atoms with Gasteiger partial charge in [0.05, 0.1) is 5.54 Å². The lowest BCUT2D eigenvalue weighted by atomic mass is 9.92. The molecule has 4 heteroatoms. The SMILES string of the molecule is CCC1(C(=O)NCC2CCN(C)CC2)CCCN1. The fourth-order valence-corrected chi connectivity index (χ4v) is 3.13. The second-order valence-electron chi connectivity index (χ2n) is 5.92. The summed E-state index contributed by atoms with van der Waals surface area (Å²) in [5, 5.41) is 6.58. The number of carbonyl (C=O) groups excluding carboxylic acids is 1. The molecular formula is C14H27N3O. The molecule has 0 aromatic rings. The highest BCUT2D eigenvalue weighted by Crippen LogP contribution is 2.23. The van der Waals surface area contributed by atoms with Gasteiger partial charge in [0, 0.05) is 6.54 Å². The van der Waals surface area contributed by atoms with Crippen molar-refractivity contribution in [2.45, 2.75) is 44.6 Å². The molecule has 0 spiro atoms. The zero-order valence-corrected chi connectivity index (χ0v) is 11.8. The standard InChI is InChI=1S/C14H27N3O/c1-3-14(7-4-8-16-14)13(18)15-11-12-5-9-17(2)10-6-12/h12,16H,3-11H2,1-2H3,(H,15,18). The van der Waals surface area contributed by atoms with E-state index in [1.165, 1.54) is 12.8 Å². The quantitative estimate of drug-likeness (QED) is 0.785. The van der Waals surface area contributed by atoms with Gasteiger partial charge in [-0.25, -0.2) is 0 Å². The molecule has 0 bridgehead atoms. The van der Waals surface area contributed by atoms with Crippen LogP contribution < -0.4 is 10.6 Å². The van der Waals surface area contributed by atoms with E-state index in [1.54, 1.807) is 0 Å². The average molecular weight is 253 g/mol. The van der Waals surface area contributed by atoms with E-state index in [1.807, 2.05) is 0 Å². The first kappa shape index (κ1) is 13.8. The number of nitrogens with one attached hydrogen (secondary N) is 2. The van der Waals surface area contributed by atoms with Crippen molar-refractivity contribution in [1.82, 2.24) is 15.5 Å². The van der Waals surface area contributed by atoms with Gasteiger partial charge in [0.15, 0.2) is 0 Å². The van der Waals surface area contributed by atoms with Crippen molar-refractivity contribution < 1.29 is 4.79 Å². The van der Waals surface area contributed by atoms with Crippen molar-refractivity contribution in [2.75, 3.05) is 33.2 Å². The zero-order valence-electron chi connectivity index (χ0n) is 11.8. The Kier molecular flexibility index (Phi) is 4.62. The summed E-state index contributed by atoms with van der Waals surface area (Å²) in [4.78, 5) is 14.7. The largest absolute Gasteiger partial charge is 0.354 e. The zero-order chi connectivity index (χ0) is 13.0. The summed E-state index contributed by atoms with van der Waals surface area (Å²) in [6.45, 7) is 6.27. The van der Waals surface area contributed by atoms with E-state index < -0.39 is 0 Å². The second-order valence-corrected chi connectivity index (χ2v) is 5.92. The lowest BCUT2D eigenvalue weighted by Crippen LogP contribution is -2.54.